The molecule has 0 saturated carbocycles. The standard InChI is InChI=1S/C9H15F3O5S/c1-2-16-8(13)6-4-3-5-7-17-18(14,15)9(10,11)12/h2-7H2,1H3. The molecule has 0 spiro atoms. The summed E-state index contributed by atoms with van der Waals surface area (Å²) in [6.45, 7) is 1.38. The summed E-state index contributed by atoms with van der Waals surface area (Å²) in [5.74, 6) is -0.388. The molecule has 0 bridgehead atoms. The van der Waals surface area contributed by atoms with Gasteiger partial charge < -0.3 is 4.74 Å². The van der Waals surface area contributed by atoms with Crippen LogP contribution >= 0.6 is 0 Å². The van der Waals surface area contributed by atoms with Crippen LogP contribution in [0.2, 0.25) is 0 Å². The van der Waals surface area contributed by atoms with E-state index in [0.29, 0.717) is 12.8 Å². The maximum absolute atomic E-state index is 11.8. The van der Waals surface area contributed by atoms with Gasteiger partial charge in [0.25, 0.3) is 0 Å². The summed E-state index contributed by atoms with van der Waals surface area (Å²) in [4.78, 5) is 10.9. The predicted molar refractivity (Wildman–Crippen MR) is 56.0 cm³/mol. The molecule has 0 aromatic heterocycles. The Bertz CT molecular complexity index is 350. The zero-order valence-electron chi connectivity index (χ0n) is 9.83. The van der Waals surface area contributed by atoms with Gasteiger partial charge in [-0.1, -0.05) is 6.42 Å². The van der Waals surface area contributed by atoms with E-state index in [4.69, 9.17) is 0 Å². The maximum atomic E-state index is 11.8. The molecule has 0 aromatic rings. The molecule has 0 aliphatic rings. The summed E-state index contributed by atoms with van der Waals surface area (Å²) in [6, 6.07) is 0. The molecule has 18 heavy (non-hydrogen) atoms. The molecule has 0 saturated heterocycles. The van der Waals surface area contributed by atoms with Crippen molar-refractivity contribution in [3.63, 3.8) is 0 Å². The fraction of sp³-hybridized carbons (Fsp3) is 0.889. The van der Waals surface area contributed by atoms with Gasteiger partial charge in [-0.3, -0.25) is 8.98 Å². The largest absolute Gasteiger partial charge is 0.523 e. The van der Waals surface area contributed by atoms with Crippen LogP contribution in [0.25, 0.3) is 0 Å². The molecule has 0 heterocycles. The molecule has 5 nitrogen and oxygen atoms in total. The SMILES string of the molecule is CCOC(=O)CCCCCOS(=O)(=O)C(F)(F)F. The molecule has 0 rings (SSSR count). The van der Waals surface area contributed by atoms with Crippen molar-refractivity contribution in [2.75, 3.05) is 13.2 Å². The topological polar surface area (TPSA) is 69.7 Å². The second-order valence-corrected chi connectivity index (χ2v) is 4.94. The van der Waals surface area contributed by atoms with Crippen molar-refractivity contribution in [1.29, 1.82) is 0 Å². The fourth-order valence-electron chi connectivity index (χ4n) is 1.02. The lowest BCUT2D eigenvalue weighted by atomic mass is 10.2. The number of carbonyl (C=O) groups is 1. The van der Waals surface area contributed by atoms with Crippen molar-refractivity contribution in [1.82, 2.24) is 0 Å². The normalized spacial score (nSPS) is 12.4. The molecule has 108 valence electrons. The van der Waals surface area contributed by atoms with E-state index in [1.807, 2.05) is 0 Å². The van der Waals surface area contributed by atoms with Crippen molar-refractivity contribution < 1.29 is 35.3 Å². The van der Waals surface area contributed by atoms with Crippen LogP contribution in [0.15, 0.2) is 0 Å². The Hall–Kier alpha value is -0.830. The van der Waals surface area contributed by atoms with E-state index in [9.17, 15) is 26.4 Å². The van der Waals surface area contributed by atoms with Crippen LogP contribution in [-0.2, 0) is 23.8 Å². The molecule has 0 unspecified atom stereocenters. The lowest BCUT2D eigenvalue weighted by molar-refractivity contribution is -0.143. The van der Waals surface area contributed by atoms with E-state index in [-0.39, 0.29) is 25.4 Å². The Labute approximate surface area is 103 Å². The lowest BCUT2D eigenvalue weighted by Gasteiger charge is -2.07. The third-order valence-corrected chi connectivity index (χ3v) is 2.90. The average molecular weight is 292 g/mol. The molecule has 0 amide bonds. The fourth-order valence-corrected chi connectivity index (χ4v) is 1.49. The van der Waals surface area contributed by atoms with Crippen LogP contribution in [0.4, 0.5) is 13.2 Å². The first-order chi connectivity index (χ1) is 8.20. The number of hydrogen-bond acceptors (Lipinski definition) is 5. The van der Waals surface area contributed by atoms with Crippen LogP contribution < -0.4 is 0 Å². The molecule has 0 aromatic carbocycles. The third-order valence-electron chi connectivity index (χ3n) is 1.85. The first-order valence-electron chi connectivity index (χ1n) is 5.32. The number of rotatable bonds is 8. The number of unbranched alkanes of at least 4 members (excludes halogenated alkanes) is 2. The van der Waals surface area contributed by atoms with Crippen molar-refractivity contribution in [2.24, 2.45) is 0 Å². The third kappa shape index (κ3) is 6.80. The highest BCUT2D eigenvalue weighted by atomic mass is 32.2. The van der Waals surface area contributed by atoms with Crippen LogP contribution in [0.1, 0.15) is 32.6 Å². The van der Waals surface area contributed by atoms with Gasteiger partial charge in [-0.15, -0.1) is 0 Å². The first-order valence-corrected chi connectivity index (χ1v) is 6.73. The average Bonchev–Trinajstić information content (AvgIpc) is 2.21. The Morgan fingerprint density at radius 3 is 2.28 bits per heavy atom. The molecule has 0 atom stereocenters. The van der Waals surface area contributed by atoms with Gasteiger partial charge in [-0.2, -0.15) is 21.6 Å². The summed E-state index contributed by atoms with van der Waals surface area (Å²) >= 11 is 0. The van der Waals surface area contributed by atoms with Crippen molar-refractivity contribution in [2.45, 2.75) is 38.1 Å². The van der Waals surface area contributed by atoms with Crippen molar-refractivity contribution in [3.8, 4) is 0 Å². The maximum Gasteiger partial charge on any atom is 0.523 e. The van der Waals surface area contributed by atoms with E-state index < -0.39 is 22.2 Å². The molecule has 0 radical (unpaired) electrons. The molecule has 0 fully saturated rings. The van der Waals surface area contributed by atoms with E-state index in [1.165, 1.54) is 0 Å². The van der Waals surface area contributed by atoms with E-state index in [2.05, 4.69) is 8.92 Å². The zero-order chi connectivity index (χ0) is 14.2. The minimum atomic E-state index is -5.50. The van der Waals surface area contributed by atoms with Gasteiger partial charge in [0.05, 0.1) is 13.2 Å². The van der Waals surface area contributed by atoms with Crippen molar-refractivity contribution in [3.05, 3.63) is 0 Å². The minimum Gasteiger partial charge on any atom is -0.466 e. The summed E-state index contributed by atoms with van der Waals surface area (Å²) in [5, 5.41) is 0. The highest BCUT2D eigenvalue weighted by molar-refractivity contribution is 7.87. The van der Waals surface area contributed by atoms with Crippen molar-refractivity contribution >= 4 is 16.1 Å². The summed E-state index contributed by atoms with van der Waals surface area (Å²) in [7, 11) is -5.50. The van der Waals surface area contributed by atoms with E-state index >= 15 is 0 Å². The quantitative estimate of drug-likeness (QED) is 0.296. The second kappa shape index (κ2) is 7.57. The van der Waals surface area contributed by atoms with E-state index in [0.717, 1.165) is 0 Å². The highest BCUT2D eigenvalue weighted by Gasteiger charge is 2.47. The van der Waals surface area contributed by atoms with Crippen LogP contribution in [0.5, 0.6) is 0 Å². The molecule has 0 aliphatic heterocycles. The molecule has 0 aliphatic carbocycles. The molecular formula is C9H15F3O5S. The Morgan fingerprint density at radius 1 is 1.17 bits per heavy atom. The molecule has 9 heteroatoms. The predicted octanol–water partition coefficient (Wildman–Crippen LogP) is 1.98. The summed E-state index contributed by atoms with van der Waals surface area (Å²) < 4.78 is 64.8. The number of carbonyl (C=O) groups excluding carboxylic acids is 1. The Balaban J connectivity index is 3.67. The summed E-state index contributed by atoms with van der Waals surface area (Å²) in [5.41, 5.74) is -5.39. The van der Waals surface area contributed by atoms with Gasteiger partial charge in [0.2, 0.25) is 0 Å². The van der Waals surface area contributed by atoms with Gasteiger partial charge in [-0.05, 0) is 19.8 Å². The van der Waals surface area contributed by atoms with Gasteiger partial charge in [0.1, 0.15) is 0 Å². The number of alkyl halides is 3. The highest BCUT2D eigenvalue weighted by Crippen LogP contribution is 2.24. The zero-order valence-corrected chi connectivity index (χ0v) is 10.6. The number of halogens is 3. The monoisotopic (exact) mass is 292 g/mol. The Morgan fingerprint density at radius 2 is 1.78 bits per heavy atom. The minimum absolute atomic E-state index is 0.120. The van der Waals surface area contributed by atoms with Crippen LogP contribution in [0.3, 0.4) is 0 Å². The summed E-state index contributed by atoms with van der Waals surface area (Å²) in [6.07, 6.45) is 1.06. The smallest absolute Gasteiger partial charge is 0.466 e. The molecular weight excluding hydrogens is 277 g/mol. The second-order valence-electron chi connectivity index (χ2n) is 3.34. The number of ether oxygens (including phenoxy) is 1. The van der Waals surface area contributed by atoms with Gasteiger partial charge in [0, 0.05) is 6.42 Å². The van der Waals surface area contributed by atoms with Gasteiger partial charge in [0.15, 0.2) is 0 Å². The molecule has 0 N–H and O–H groups in total. The first kappa shape index (κ1) is 17.2. The van der Waals surface area contributed by atoms with E-state index in [1.54, 1.807) is 6.92 Å². The van der Waals surface area contributed by atoms with Gasteiger partial charge in [-0.25, -0.2) is 0 Å². The van der Waals surface area contributed by atoms with Crippen LogP contribution in [0, 0.1) is 0 Å². The lowest BCUT2D eigenvalue weighted by Crippen LogP contribution is -2.25. The Kier molecular flexibility index (Phi) is 7.22. The van der Waals surface area contributed by atoms with Crippen LogP contribution in [-0.4, -0.2) is 33.1 Å². The number of hydrogen-bond donors (Lipinski definition) is 0. The van der Waals surface area contributed by atoms with Gasteiger partial charge >= 0.3 is 21.6 Å². The number of esters is 1.